The Labute approximate surface area is 139 Å². The number of anilines is 1. The lowest BCUT2D eigenvalue weighted by Crippen LogP contribution is -2.33. The van der Waals surface area contributed by atoms with Crippen LogP contribution in [0.3, 0.4) is 0 Å². The predicted octanol–water partition coefficient (Wildman–Crippen LogP) is 0.258. The van der Waals surface area contributed by atoms with E-state index in [1.807, 2.05) is 13.0 Å². The van der Waals surface area contributed by atoms with Crippen molar-refractivity contribution in [2.75, 3.05) is 18.0 Å². The van der Waals surface area contributed by atoms with Crippen molar-refractivity contribution in [1.82, 2.24) is 25.1 Å². The van der Waals surface area contributed by atoms with Gasteiger partial charge in [-0.15, -0.1) is 0 Å². The number of rotatable bonds is 5. The molecular weight excluding hydrogens is 308 g/mol. The van der Waals surface area contributed by atoms with Gasteiger partial charge in [0.25, 0.3) is 5.56 Å². The zero-order valence-electron chi connectivity index (χ0n) is 13.6. The fraction of sp³-hybridized carbons (Fsp3) is 0.438. The number of hydrogen-bond acceptors (Lipinski definition) is 6. The fourth-order valence-electron chi connectivity index (χ4n) is 2.68. The predicted molar refractivity (Wildman–Crippen MR) is 88.6 cm³/mol. The number of aromatic nitrogens is 4. The van der Waals surface area contributed by atoms with Crippen LogP contribution in [0.15, 0.2) is 29.2 Å². The molecule has 0 spiro atoms. The summed E-state index contributed by atoms with van der Waals surface area (Å²) in [5.41, 5.74) is 0.563. The van der Waals surface area contributed by atoms with Crippen LogP contribution in [-0.4, -0.2) is 38.7 Å². The Hall–Kier alpha value is -2.77. The number of carbonyl (C=O) groups excluding carboxylic acids is 1. The molecule has 1 amide bonds. The van der Waals surface area contributed by atoms with E-state index in [1.165, 1.54) is 31.2 Å². The molecule has 24 heavy (non-hydrogen) atoms. The zero-order valence-corrected chi connectivity index (χ0v) is 13.6. The Morgan fingerprint density at radius 1 is 1.29 bits per heavy atom. The van der Waals surface area contributed by atoms with Crippen molar-refractivity contribution in [2.24, 2.45) is 0 Å². The van der Waals surface area contributed by atoms with E-state index in [1.54, 1.807) is 0 Å². The Morgan fingerprint density at radius 3 is 2.83 bits per heavy atom. The second-order valence-electron chi connectivity index (χ2n) is 5.77. The molecule has 8 nitrogen and oxygen atoms in total. The standard InChI is InChI=1S/C16H20N6O2/c1-12-9-14(21-7-2-3-8-21)20-13(19-12)10-17-15(23)11-22-16(24)5-4-6-18-22/h4-6,9H,2-3,7-8,10-11H2,1H3,(H,17,23). The number of nitrogens with one attached hydrogen (secondary N) is 1. The molecule has 3 rings (SSSR count). The Morgan fingerprint density at radius 2 is 2.08 bits per heavy atom. The molecule has 0 aliphatic carbocycles. The number of nitrogens with zero attached hydrogens (tertiary/aromatic N) is 5. The SMILES string of the molecule is Cc1cc(N2CCCC2)nc(CNC(=O)Cn2ncccc2=O)n1. The summed E-state index contributed by atoms with van der Waals surface area (Å²) in [6.07, 6.45) is 3.82. The molecule has 0 radical (unpaired) electrons. The van der Waals surface area contributed by atoms with Crippen molar-refractivity contribution in [2.45, 2.75) is 32.9 Å². The molecule has 1 aliphatic heterocycles. The van der Waals surface area contributed by atoms with E-state index in [4.69, 9.17) is 0 Å². The average Bonchev–Trinajstić information content (AvgIpc) is 3.09. The van der Waals surface area contributed by atoms with Gasteiger partial charge in [0.1, 0.15) is 18.2 Å². The van der Waals surface area contributed by atoms with Gasteiger partial charge in [0.05, 0.1) is 6.54 Å². The van der Waals surface area contributed by atoms with Crippen LogP contribution < -0.4 is 15.8 Å². The maximum absolute atomic E-state index is 12.0. The van der Waals surface area contributed by atoms with E-state index in [2.05, 4.69) is 25.3 Å². The summed E-state index contributed by atoms with van der Waals surface area (Å²) in [7, 11) is 0. The van der Waals surface area contributed by atoms with E-state index < -0.39 is 0 Å². The second kappa shape index (κ2) is 7.20. The van der Waals surface area contributed by atoms with E-state index in [-0.39, 0.29) is 24.6 Å². The lowest BCUT2D eigenvalue weighted by molar-refractivity contribution is -0.122. The lowest BCUT2D eigenvalue weighted by Gasteiger charge is -2.17. The highest BCUT2D eigenvalue weighted by molar-refractivity contribution is 5.75. The number of amides is 1. The third-order valence-corrected chi connectivity index (χ3v) is 3.84. The third-order valence-electron chi connectivity index (χ3n) is 3.84. The summed E-state index contributed by atoms with van der Waals surface area (Å²) in [6.45, 7) is 4.03. The minimum atomic E-state index is -0.309. The van der Waals surface area contributed by atoms with Gasteiger partial charge in [-0.25, -0.2) is 14.6 Å². The highest BCUT2D eigenvalue weighted by Gasteiger charge is 2.15. The number of aryl methyl sites for hydroxylation is 1. The molecule has 1 fully saturated rings. The van der Waals surface area contributed by atoms with Crippen molar-refractivity contribution in [3.63, 3.8) is 0 Å². The van der Waals surface area contributed by atoms with Crippen molar-refractivity contribution >= 4 is 11.7 Å². The second-order valence-corrected chi connectivity index (χ2v) is 5.77. The summed E-state index contributed by atoms with van der Waals surface area (Å²) in [5, 5.41) is 6.60. The first-order valence-electron chi connectivity index (χ1n) is 8.00. The van der Waals surface area contributed by atoms with Crippen LogP contribution in [0.4, 0.5) is 5.82 Å². The molecule has 2 aromatic heterocycles. The average molecular weight is 328 g/mol. The van der Waals surface area contributed by atoms with E-state index in [0.717, 1.165) is 29.3 Å². The molecule has 126 valence electrons. The minimum Gasteiger partial charge on any atom is -0.357 e. The van der Waals surface area contributed by atoms with Crippen LogP contribution in [0, 0.1) is 6.92 Å². The van der Waals surface area contributed by atoms with E-state index >= 15 is 0 Å². The van der Waals surface area contributed by atoms with Gasteiger partial charge in [-0.1, -0.05) is 0 Å². The molecule has 0 saturated carbocycles. The van der Waals surface area contributed by atoms with Gasteiger partial charge in [-0.3, -0.25) is 9.59 Å². The Kier molecular flexibility index (Phi) is 4.83. The monoisotopic (exact) mass is 328 g/mol. The smallest absolute Gasteiger partial charge is 0.267 e. The number of hydrogen-bond donors (Lipinski definition) is 1. The van der Waals surface area contributed by atoms with Crippen molar-refractivity contribution in [1.29, 1.82) is 0 Å². The van der Waals surface area contributed by atoms with Gasteiger partial charge in [0, 0.05) is 37.1 Å². The molecule has 0 bridgehead atoms. The summed E-state index contributed by atoms with van der Waals surface area (Å²) < 4.78 is 1.11. The third kappa shape index (κ3) is 3.95. The molecule has 1 aliphatic rings. The quantitative estimate of drug-likeness (QED) is 0.846. The lowest BCUT2D eigenvalue weighted by atomic mass is 10.4. The number of carbonyl (C=O) groups is 1. The van der Waals surface area contributed by atoms with Gasteiger partial charge in [0.2, 0.25) is 5.91 Å². The van der Waals surface area contributed by atoms with Gasteiger partial charge in [-0.2, -0.15) is 5.10 Å². The highest BCUT2D eigenvalue weighted by Crippen LogP contribution is 2.18. The Bertz CT molecular complexity index is 782. The summed E-state index contributed by atoms with van der Waals surface area (Å²) >= 11 is 0. The van der Waals surface area contributed by atoms with Gasteiger partial charge in [-0.05, 0) is 25.8 Å². The van der Waals surface area contributed by atoms with Crippen LogP contribution in [0.1, 0.15) is 24.4 Å². The summed E-state index contributed by atoms with van der Waals surface area (Å²) in [5.74, 6) is 1.17. The van der Waals surface area contributed by atoms with Crippen molar-refractivity contribution < 1.29 is 4.79 Å². The molecule has 2 aromatic rings. The van der Waals surface area contributed by atoms with Crippen LogP contribution in [0.2, 0.25) is 0 Å². The highest BCUT2D eigenvalue weighted by atomic mass is 16.2. The first-order valence-corrected chi connectivity index (χ1v) is 8.00. The molecule has 0 aromatic carbocycles. The largest absolute Gasteiger partial charge is 0.357 e. The summed E-state index contributed by atoms with van der Waals surface area (Å²) in [6, 6.07) is 4.87. The van der Waals surface area contributed by atoms with Crippen LogP contribution in [0.25, 0.3) is 0 Å². The van der Waals surface area contributed by atoms with Crippen molar-refractivity contribution in [3.8, 4) is 0 Å². The van der Waals surface area contributed by atoms with E-state index in [9.17, 15) is 9.59 Å². The fourth-order valence-corrected chi connectivity index (χ4v) is 2.68. The van der Waals surface area contributed by atoms with Crippen LogP contribution >= 0.6 is 0 Å². The van der Waals surface area contributed by atoms with Crippen molar-refractivity contribution in [3.05, 3.63) is 46.3 Å². The van der Waals surface area contributed by atoms with Gasteiger partial charge < -0.3 is 10.2 Å². The summed E-state index contributed by atoms with van der Waals surface area (Å²) in [4.78, 5) is 34.7. The Balaban J connectivity index is 1.62. The topological polar surface area (TPSA) is 93.0 Å². The first-order chi connectivity index (χ1) is 11.6. The van der Waals surface area contributed by atoms with Crippen LogP contribution in [-0.2, 0) is 17.9 Å². The normalized spacial score (nSPS) is 14.0. The molecule has 1 N–H and O–H groups in total. The maximum Gasteiger partial charge on any atom is 0.267 e. The van der Waals surface area contributed by atoms with Gasteiger partial charge >= 0.3 is 0 Å². The molecule has 8 heteroatoms. The first kappa shape index (κ1) is 16.1. The molecule has 0 atom stereocenters. The van der Waals surface area contributed by atoms with Gasteiger partial charge in [0.15, 0.2) is 0 Å². The zero-order chi connectivity index (χ0) is 16.9. The molecular formula is C16H20N6O2. The molecule has 1 saturated heterocycles. The molecule has 3 heterocycles. The van der Waals surface area contributed by atoms with E-state index in [0.29, 0.717) is 5.82 Å². The van der Waals surface area contributed by atoms with Crippen LogP contribution in [0.5, 0.6) is 0 Å². The molecule has 0 unspecified atom stereocenters. The minimum absolute atomic E-state index is 0.121. The maximum atomic E-state index is 12.0.